The first kappa shape index (κ1) is 20.6. The Morgan fingerprint density at radius 2 is 1.70 bits per heavy atom. The van der Waals surface area contributed by atoms with Crippen LogP contribution in [0.4, 0.5) is 5.69 Å². The standard InChI is InChI=1S/C17H15Cl2NO7/c1-24-15-8-11(13(20(22)23)9-16(15)25-2)17(21)27-6-5-26-14-4-3-10(18)7-12(14)19/h3-4,7-9H,5-6H2,1-2H3. The summed E-state index contributed by atoms with van der Waals surface area (Å²) in [5.41, 5.74) is -0.721. The summed E-state index contributed by atoms with van der Waals surface area (Å²) in [5, 5.41) is 12.0. The molecule has 0 heterocycles. The van der Waals surface area contributed by atoms with Gasteiger partial charge in [-0.15, -0.1) is 0 Å². The minimum absolute atomic E-state index is 0.00577. The summed E-state index contributed by atoms with van der Waals surface area (Å²) in [7, 11) is 2.68. The Morgan fingerprint density at radius 3 is 2.30 bits per heavy atom. The summed E-state index contributed by atoms with van der Waals surface area (Å²) >= 11 is 11.8. The van der Waals surface area contributed by atoms with Crippen molar-refractivity contribution in [3.05, 3.63) is 56.1 Å². The van der Waals surface area contributed by atoms with Crippen LogP contribution in [0.3, 0.4) is 0 Å². The van der Waals surface area contributed by atoms with Crippen LogP contribution >= 0.6 is 23.2 Å². The summed E-state index contributed by atoms with van der Waals surface area (Å²) in [4.78, 5) is 22.8. The van der Waals surface area contributed by atoms with Gasteiger partial charge in [-0.05, 0) is 18.2 Å². The first-order valence-corrected chi connectivity index (χ1v) is 8.28. The smallest absolute Gasteiger partial charge is 0.345 e. The fourth-order valence-corrected chi connectivity index (χ4v) is 2.60. The molecule has 0 saturated heterocycles. The molecule has 0 aromatic heterocycles. The molecule has 2 aromatic carbocycles. The van der Waals surface area contributed by atoms with Crippen LogP contribution in [0.1, 0.15) is 10.4 Å². The average molecular weight is 416 g/mol. The molecule has 0 bridgehead atoms. The van der Waals surface area contributed by atoms with E-state index in [0.29, 0.717) is 15.8 Å². The van der Waals surface area contributed by atoms with Crippen molar-refractivity contribution < 1.29 is 28.7 Å². The van der Waals surface area contributed by atoms with Crippen molar-refractivity contribution in [1.29, 1.82) is 0 Å². The van der Waals surface area contributed by atoms with Gasteiger partial charge in [0.25, 0.3) is 5.69 Å². The van der Waals surface area contributed by atoms with Gasteiger partial charge in [-0.2, -0.15) is 0 Å². The third-order valence-electron chi connectivity index (χ3n) is 3.39. The van der Waals surface area contributed by atoms with Gasteiger partial charge in [0.1, 0.15) is 24.5 Å². The third kappa shape index (κ3) is 5.15. The zero-order valence-corrected chi connectivity index (χ0v) is 15.9. The molecule has 0 spiro atoms. The fourth-order valence-electron chi connectivity index (χ4n) is 2.14. The number of nitro groups is 1. The quantitative estimate of drug-likeness (QED) is 0.276. The number of halogens is 2. The summed E-state index contributed by atoms with van der Waals surface area (Å²) < 4.78 is 20.5. The average Bonchev–Trinajstić information content (AvgIpc) is 2.65. The lowest BCUT2D eigenvalue weighted by atomic mass is 10.1. The van der Waals surface area contributed by atoms with Crippen LogP contribution in [0.25, 0.3) is 0 Å². The van der Waals surface area contributed by atoms with E-state index in [0.717, 1.165) is 6.07 Å². The van der Waals surface area contributed by atoms with Crippen molar-refractivity contribution in [2.24, 2.45) is 0 Å². The number of ether oxygens (including phenoxy) is 4. The molecule has 0 aliphatic carbocycles. The van der Waals surface area contributed by atoms with Crippen molar-refractivity contribution >= 4 is 34.9 Å². The topological polar surface area (TPSA) is 97.1 Å². The molecule has 0 fully saturated rings. The predicted octanol–water partition coefficient (Wildman–Crippen LogP) is 4.15. The van der Waals surface area contributed by atoms with E-state index < -0.39 is 16.6 Å². The minimum Gasteiger partial charge on any atom is -0.493 e. The number of benzene rings is 2. The maximum Gasteiger partial charge on any atom is 0.345 e. The van der Waals surface area contributed by atoms with Crippen LogP contribution in [0, 0.1) is 10.1 Å². The number of nitro benzene ring substituents is 1. The number of hydrogen-bond acceptors (Lipinski definition) is 7. The molecule has 27 heavy (non-hydrogen) atoms. The molecular formula is C17H15Cl2NO7. The highest BCUT2D eigenvalue weighted by Gasteiger charge is 2.25. The summed E-state index contributed by atoms with van der Waals surface area (Å²) in [5.74, 6) is -0.233. The van der Waals surface area contributed by atoms with E-state index in [1.165, 1.54) is 26.4 Å². The molecule has 0 amide bonds. The van der Waals surface area contributed by atoms with Crippen molar-refractivity contribution in [2.75, 3.05) is 27.4 Å². The van der Waals surface area contributed by atoms with Gasteiger partial charge in [0, 0.05) is 11.1 Å². The summed E-state index contributed by atoms with van der Waals surface area (Å²) in [6.07, 6.45) is 0. The maximum atomic E-state index is 12.2. The summed E-state index contributed by atoms with van der Waals surface area (Å²) in [6.45, 7) is -0.155. The first-order chi connectivity index (χ1) is 12.9. The van der Waals surface area contributed by atoms with Crippen LogP contribution in [-0.4, -0.2) is 38.3 Å². The van der Waals surface area contributed by atoms with Gasteiger partial charge >= 0.3 is 5.97 Å². The maximum absolute atomic E-state index is 12.2. The molecule has 8 nitrogen and oxygen atoms in total. The Kier molecular flexibility index (Phi) is 7.09. The Balaban J connectivity index is 2.05. The van der Waals surface area contributed by atoms with Gasteiger partial charge in [-0.3, -0.25) is 10.1 Å². The fraction of sp³-hybridized carbons (Fsp3) is 0.235. The Bertz CT molecular complexity index is 857. The van der Waals surface area contributed by atoms with Gasteiger partial charge in [0.15, 0.2) is 11.5 Å². The number of esters is 1. The molecule has 0 aliphatic heterocycles. The van der Waals surface area contributed by atoms with E-state index in [-0.39, 0.29) is 30.3 Å². The lowest BCUT2D eigenvalue weighted by Gasteiger charge is -2.11. The molecule has 0 atom stereocenters. The second-order valence-electron chi connectivity index (χ2n) is 5.04. The lowest BCUT2D eigenvalue weighted by Crippen LogP contribution is -2.14. The molecule has 0 saturated carbocycles. The van der Waals surface area contributed by atoms with Gasteiger partial charge in [0.2, 0.25) is 0 Å². The largest absolute Gasteiger partial charge is 0.493 e. The zero-order chi connectivity index (χ0) is 20.0. The second-order valence-corrected chi connectivity index (χ2v) is 5.88. The van der Waals surface area contributed by atoms with Gasteiger partial charge in [-0.25, -0.2) is 4.79 Å². The Labute approximate surface area is 164 Å². The second kappa shape index (κ2) is 9.29. The zero-order valence-electron chi connectivity index (χ0n) is 14.4. The molecule has 144 valence electrons. The van der Waals surface area contributed by atoms with E-state index in [1.54, 1.807) is 12.1 Å². The van der Waals surface area contributed by atoms with Crippen LogP contribution < -0.4 is 14.2 Å². The van der Waals surface area contributed by atoms with Gasteiger partial charge in [-0.1, -0.05) is 23.2 Å². The van der Waals surface area contributed by atoms with E-state index in [1.807, 2.05) is 0 Å². The third-order valence-corrected chi connectivity index (χ3v) is 3.92. The van der Waals surface area contributed by atoms with Gasteiger partial charge < -0.3 is 18.9 Å². The van der Waals surface area contributed by atoms with Crippen molar-refractivity contribution in [3.63, 3.8) is 0 Å². The molecule has 2 aromatic rings. The highest BCUT2D eigenvalue weighted by atomic mass is 35.5. The number of hydrogen-bond donors (Lipinski definition) is 0. The number of rotatable bonds is 8. The molecule has 0 aliphatic rings. The molecule has 0 unspecified atom stereocenters. The monoisotopic (exact) mass is 415 g/mol. The van der Waals surface area contributed by atoms with Crippen LogP contribution in [-0.2, 0) is 4.74 Å². The number of carbonyl (C=O) groups is 1. The van der Waals surface area contributed by atoms with Crippen LogP contribution in [0.2, 0.25) is 10.0 Å². The van der Waals surface area contributed by atoms with Gasteiger partial charge in [0.05, 0.1) is 30.2 Å². The highest BCUT2D eigenvalue weighted by molar-refractivity contribution is 6.35. The molecular weight excluding hydrogens is 401 g/mol. The van der Waals surface area contributed by atoms with E-state index in [4.69, 9.17) is 42.1 Å². The molecule has 10 heteroatoms. The van der Waals surface area contributed by atoms with Crippen LogP contribution in [0.5, 0.6) is 17.2 Å². The van der Waals surface area contributed by atoms with Crippen molar-refractivity contribution in [1.82, 2.24) is 0 Å². The van der Waals surface area contributed by atoms with E-state index in [2.05, 4.69) is 0 Å². The minimum atomic E-state index is -0.895. The summed E-state index contributed by atoms with van der Waals surface area (Å²) in [6, 6.07) is 6.97. The van der Waals surface area contributed by atoms with Crippen LogP contribution in [0.15, 0.2) is 30.3 Å². The molecule has 2 rings (SSSR count). The Morgan fingerprint density at radius 1 is 1.04 bits per heavy atom. The van der Waals surface area contributed by atoms with Crippen molar-refractivity contribution in [2.45, 2.75) is 0 Å². The SMILES string of the molecule is COc1cc(C(=O)OCCOc2ccc(Cl)cc2Cl)c([N+](=O)[O-])cc1OC. The predicted molar refractivity (Wildman–Crippen MR) is 98.4 cm³/mol. The Hall–Kier alpha value is -2.71. The van der Waals surface area contributed by atoms with Crippen molar-refractivity contribution in [3.8, 4) is 17.2 Å². The molecule has 0 N–H and O–H groups in total. The number of carbonyl (C=O) groups excluding carboxylic acids is 1. The molecule has 0 radical (unpaired) electrons. The van der Waals surface area contributed by atoms with E-state index in [9.17, 15) is 14.9 Å². The normalized spacial score (nSPS) is 10.2. The lowest BCUT2D eigenvalue weighted by molar-refractivity contribution is -0.385. The highest BCUT2D eigenvalue weighted by Crippen LogP contribution is 2.34. The number of nitrogens with zero attached hydrogens (tertiary/aromatic N) is 1. The van der Waals surface area contributed by atoms with E-state index >= 15 is 0 Å². The first-order valence-electron chi connectivity index (χ1n) is 7.52. The number of methoxy groups -OCH3 is 2.